The number of thiocarbonyl (C=S) groups is 1. The Hall–Kier alpha value is -1.65. The fourth-order valence-electron chi connectivity index (χ4n) is 1.84. The number of anilines is 1. The predicted octanol–water partition coefficient (Wildman–Crippen LogP) is 3.01. The molecule has 0 unspecified atom stereocenters. The number of halogens is 1. The maximum Gasteiger partial charge on any atom is 0.124 e. The van der Waals surface area contributed by atoms with E-state index in [1.54, 1.807) is 6.20 Å². The molecule has 0 atom stereocenters. The smallest absolute Gasteiger partial charge is 0.124 e. The van der Waals surface area contributed by atoms with Crippen LogP contribution in [0.3, 0.4) is 0 Å². The molecule has 0 saturated heterocycles. The summed E-state index contributed by atoms with van der Waals surface area (Å²) in [7, 11) is 1.98. The molecule has 0 saturated carbocycles. The Morgan fingerprint density at radius 1 is 1.32 bits per heavy atom. The molecule has 2 aromatic rings. The van der Waals surface area contributed by atoms with Crippen molar-refractivity contribution < 1.29 is 0 Å². The van der Waals surface area contributed by atoms with Crippen molar-refractivity contribution in [1.29, 1.82) is 0 Å². The molecule has 1 heterocycles. The molecule has 0 amide bonds. The van der Waals surface area contributed by atoms with E-state index in [0.717, 1.165) is 22.8 Å². The Bertz CT molecular complexity index is 583. The molecule has 2 rings (SSSR count). The van der Waals surface area contributed by atoms with Crippen LogP contribution in [0.5, 0.6) is 0 Å². The zero-order valence-corrected chi connectivity index (χ0v) is 12.1. The third kappa shape index (κ3) is 3.43. The van der Waals surface area contributed by atoms with Crippen molar-refractivity contribution in [1.82, 2.24) is 4.98 Å². The Morgan fingerprint density at radius 3 is 2.63 bits per heavy atom. The van der Waals surface area contributed by atoms with Crippen LogP contribution in [0.1, 0.15) is 11.3 Å². The van der Waals surface area contributed by atoms with Crippen LogP contribution >= 0.6 is 23.8 Å². The molecule has 0 fully saturated rings. The van der Waals surface area contributed by atoms with Crippen LogP contribution in [0.15, 0.2) is 42.6 Å². The molecule has 1 aromatic heterocycles. The van der Waals surface area contributed by atoms with E-state index < -0.39 is 0 Å². The summed E-state index contributed by atoms with van der Waals surface area (Å²) >= 11 is 10.9. The molecule has 0 radical (unpaired) electrons. The first kappa shape index (κ1) is 13.8. The zero-order valence-electron chi connectivity index (χ0n) is 10.5. The van der Waals surface area contributed by atoms with Crippen molar-refractivity contribution in [3.8, 4) is 0 Å². The van der Waals surface area contributed by atoms with Gasteiger partial charge in [-0.3, -0.25) is 4.98 Å². The van der Waals surface area contributed by atoms with Crippen LogP contribution < -0.4 is 10.6 Å². The Morgan fingerprint density at radius 2 is 2.00 bits per heavy atom. The maximum atomic E-state index is 5.87. The molecule has 0 aliphatic heterocycles. The monoisotopic (exact) mass is 291 g/mol. The lowest BCUT2D eigenvalue weighted by molar-refractivity contribution is 0.916. The second-order valence-corrected chi connectivity index (χ2v) is 5.09. The van der Waals surface area contributed by atoms with Gasteiger partial charge in [0.15, 0.2) is 0 Å². The highest BCUT2D eigenvalue weighted by Gasteiger charge is 2.10. The van der Waals surface area contributed by atoms with Gasteiger partial charge in [-0.15, -0.1) is 0 Å². The molecule has 1 aromatic carbocycles. The molecule has 98 valence electrons. The second kappa shape index (κ2) is 5.99. The van der Waals surface area contributed by atoms with Gasteiger partial charge in [-0.05, 0) is 29.8 Å². The third-order valence-electron chi connectivity index (χ3n) is 2.76. The second-order valence-electron chi connectivity index (χ2n) is 4.22. The van der Waals surface area contributed by atoms with Gasteiger partial charge < -0.3 is 10.6 Å². The van der Waals surface area contributed by atoms with Crippen molar-refractivity contribution in [2.24, 2.45) is 5.73 Å². The molecular weight excluding hydrogens is 278 g/mol. The fraction of sp³-hybridized carbons (Fsp3) is 0.143. The van der Waals surface area contributed by atoms with Gasteiger partial charge in [0.1, 0.15) is 10.7 Å². The quantitative estimate of drug-likeness (QED) is 0.880. The third-order valence-corrected chi connectivity index (χ3v) is 3.21. The fourth-order valence-corrected chi connectivity index (χ4v) is 2.13. The predicted molar refractivity (Wildman–Crippen MR) is 83.7 cm³/mol. The van der Waals surface area contributed by atoms with E-state index in [4.69, 9.17) is 29.6 Å². The number of nitrogens with zero attached hydrogens (tertiary/aromatic N) is 2. The van der Waals surface area contributed by atoms with Gasteiger partial charge in [0.25, 0.3) is 0 Å². The van der Waals surface area contributed by atoms with Crippen LogP contribution in [0, 0.1) is 0 Å². The number of hydrogen-bond donors (Lipinski definition) is 1. The Balaban J connectivity index is 2.22. The van der Waals surface area contributed by atoms with Crippen LogP contribution in [0.2, 0.25) is 5.02 Å². The minimum Gasteiger partial charge on any atom is -0.388 e. The van der Waals surface area contributed by atoms with Crippen molar-refractivity contribution in [2.75, 3.05) is 11.9 Å². The molecule has 19 heavy (non-hydrogen) atoms. The van der Waals surface area contributed by atoms with Gasteiger partial charge in [0.05, 0.1) is 5.69 Å². The van der Waals surface area contributed by atoms with E-state index in [2.05, 4.69) is 9.88 Å². The minimum absolute atomic E-state index is 0.304. The lowest BCUT2D eigenvalue weighted by Crippen LogP contribution is -2.22. The first-order valence-electron chi connectivity index (χ1n) is 5.78. The van der Waals surface area contributed by atoms with Crippen LogP contribution in [-0.2, 0) is 6.54 Å². The van der Waals surface area contributed by atoms with Crippen LogP contribution in [0.25, 0.3) is 0 Å². The topological polar surface area (TPSA) is 42.2 Å². The van der Waals surface area contributed by atoms with Crippen LogP contribution in [-0.4, -0.2) is 17.0 Å². The molecule has 2 N–H and O–H groups in total. The largest absolute Gasteiger partial charge is 0.388 e. The highest BCUT2D eigenvalue weighted by molar-refractivity contribution is 7.80. The van der Waals surface area contributed by atoms with Crippen molar-refractivity contribution >= 4 is 34.5 Å². The molecule has 0 aliphatic rings. The highest BCUT2D eigenvalue weighted by atomic mass is 35.5. The van der Waals surface area contributed by atoms with E-state index in [9.17, 15) is 0 Å². The maximum absolute atomic E-state index is 5.87. The van der Waals surface area contributed by atoms with Crippen molar-refractivity contribution in [2.45, 2.75) is 6.54 Å². The van der Waals surface area contributed by atoms with E-state index in [1.165, 1.54) is 0 Å². The van der Waals surface area contributed by atoms with E-state index >= 15 is 0 Å². The molecule has 3 nitrogen and oxygen atoms in total. The summed E-state index contributed by atoms with van der Waals surface area (Å²) in [4.78, 5) is 6.59. The number of pyridine rings is 1. The molecule has 5 heteroatoms. The first-order valence-corrected chi connectivity index (χ1v) is 6.57. The van der Waals surface area contributed by atoms with E-state index in [1.807, 2.05) is 43.4 Å². The molecule has 0 spiro atoms. The summed E-state index contributed by atoms with van der Waals surface area (Å²) < 4.78 is 0. The molecular formula is C14H14ClN3S. The van der Waals surface area contributed by atoms with Gasteiger partial charge >= 0.3 is 0 Å². The normalized spacial score (nSPS) is 10.2. The number of benzene rings is 1. The number of rotatable bonds is 4. The van der Waals surface area contributed by atoms with Crippen LogP contribution in [0.4, 0.5) is 5.69 Å². The highest BCUT2D eigenvalue weighted by Crippen LogP contribution is 2.19. The summed E-state index contributed by atoms with van der Waals surface area (Å²) in [5.41, 5.74) is 8.42. The summed E-state index contributed by atoms with van der Waals surface area (Å²) in [5, 5.41) is 0.733. The zero-order chi connectivity index (χ0) is 13.8. The van der Waals surface area contributed by atoms with Gasteiger partial charge in [-0.2, -0.15) is 0 Å². The van der Waals surface area contributed by atoms with E-state index in [0.29, 0.717) is 10.7 Å². The SMILES string of the molecule is CN(Cc1ccc(Cl)cc1)c1cccnc1C(N)=S. The average Bonchev–Trinajstić information content (AvgIpc) is 2.41. The molecule has 0 bridgehead atoms. The Kier molecular flexibility index (Phi) is 4.35. The lowest BCUT2D eigenvalue weighted by Gasteiger charge is -2.21. The standard InChI is InChI=1S/C14H14ClN3S/c1-18(9-10-4-6-11(15)7-5-10)12-3-2-8-17-13(12)14(16)19/h2-8H,9H2,1H3,(H2,16,19). The number of aromatic nitrogens is 1. The van der Waals surface area contributed by atoms with E-state index in [-0.39, 0.29) is 0 Å². The lowest BCUT2D eigenvalue weighted by atomic mass is 10.2. The number of nitrogens with two attached hydrogens (primary N) is 1. The summed E-state index contributed by atoms with van der Waals surface area (Å²) in [5.74, 6) is 0. The number of hydrogen-bond acceptors (Lipinski definition) is 3. The Labute approximate surface area is 123 Å². The van der Waals surface area contributed by atoms with Crippen molar-refractivity contribution in [3.63, 3.8) is 0 Å². The van der Waals surface area contributed by atoms with Crippen molar-refractivity contribution in [3.05, 3.63) is 58.9 Å². The summed E-state index contributed by atoms with van der Waals surface area (Å²) in [6.07, 6.45) is 1.69. The first-order chi connectivity index (χ1) is 9.08. The van der Waals surface area contributed by atoms with Gasteiger partial charge in [0.2, 0.25) is 0 Å². The van der Waals surface area contributed by atoms with Gasteiger partial charge in [-0.25, -0.2) is 0 Å². The minimum atomic E-state index is 0.304. The average molecular weight is 292 g/mol. The summed E-state index contributed by atoms with van der Waals surface area (Å²) in [6, 6.07) is 11.6. The van der Waals surface area contributed by atoms with Gasteiger partial charge in [-0.1, -0.05) is 36.0 Å². The van der Waals surface area contributed by atoms with Gasteiger partial charge in [0, 0.05) is 24.8 Å². The summed E-state index contributed by atoms with van der Waals surface area (Å²) in [6.45, 7) is 0.735. The molecule has 0 aliphatic carbocycles.